The highest BCUT2D eigenvalue weighted by Gasteiger charge is 2.33. The quantitative estimate of drug-likeness (QED) is 0.577. The fraction of sp³-hybridized carbons (Fsp3) is 0.174. The first-order valence-corrected chi connectivity index (χ1v) is 11.4. The molecule has 8 nitrogen and oxygen atoms in total. The van der Waals surface area contributed by atoms with E-state index < -0.39 is 10.0 Å². The van der Waals surface area contributed by atoms with E-state index in [0.29, 0.717) is 23.6 Å². The summed E-state index contributed by atoms with van der Waals surface area (Å²) in [6.45, 7) is 5.49. The molecular formula is C23H22N4O4S. The van der Waals surface area contributed by atoms with Crippen molar-refractivity contribution in [1.29, 1.82) is 0 Å². The van der Waals surface area contributed by atoms with E-state index in [1.54, 1.807) is 37.4 Å². The van der Waals surface area contributed by atoms with Crippen LogP contribution in [0, 0.1) is 6.92 Å². The van der Waals surface area contributed by atoms with Crippen molar-refractivity contribution in [3.63, 3.8) is 0 Å². The zero-order valence-electron chi connectivity index (χ0n) is 17.4. The minimum absolute atomic E-state index is 0.0963. The average molecular weight is 451 g/mol. The van der Waals surface area contributed by atoms with Crippen molar-refractivity contribution in [3.05, 3.63) is 84.8 Å². The van der Waals surface area contributed by atoms with Crippen molar-refractivity contribution in [2.75, 3.05) is 10.8 Å². The molecule has 1 aromatic heterocycles. The van der Waals surface area contributed by atoms with Gasteiger partial charge in [-0.05, 0) is 43.2 Å². The predicted molar refractivity (Wildman–Crippen MR) is 120 cm³/mol. The summed E-state index contributed by atoms with van der Waals surface area (Å²) < 4.78 is 34.1. The standard InChI is InChI=1S/C23H22N4O4S/c1-3-22(28)26-20-11-12-27(21-10-5-4-9-19(20)21)32(29,30)18-8-6-7-17(13-18)31-23-15-24-14-16(2)25-23/h3-10,13-15,20H,1,11-12H2,2H3,(H,26,28). The Balaban J connectivity index is 1.65. The number of rotatable bonds is 6. The van der Waals surface area contributed by atoms with Crippen molar-refractivity contribution in [3.8, 4) is 11.6 Å². The molecular weight excluding hydrogens is 428 g/mol. The lowest BCUT2D eigenvalue weighted by molar-refractivity contribution is -0.117. The smallest absolute Gasteiger partial charge is 0.264 e. The number of sulfonamides is 1. The number of para-hydroxylation sites is 1. The fourth-order valence-electron chi connectivity index (χ4n) is 3.60. The molecule has 4 rings (SSSR count). The van der Waals surface area contributed by atoms with Crippen LogP contribution in [0.2, 0.25) is 0 Å². The first-order chi connectivity index (χ1) is 15.4. The number of hydrogen-bond acceptors (Lipinski definition) is 6. The van der Waals surface area contributed by atoms with Gasteiger partial charge in [-0.2, -0.15) is 0 Å². The van der Waals surface area contributed by atoms with E-state index in [1.807, 2.05) is 12.1 Å². The molecule has 0 saturated carbocycles. The number of amides is 1. The Morgan fingerprint density at radius 1 is 1.22 bits per heavy atom. The van der Waals surface area contributed by atoms with E-state index >= 15 is 0 Å². The normalized spacial score (nSPS) is 15.5. The second kappa shape index (κ2) is 8.80. The van der Waals surface area contributed by atoms with Crippen LogP contribution in [-0.4, -0.2) is 30.8 Å². The van der Waals surface area contributed by atoms with Gasteiger partial charge in [0.25, 0.3) is 10.0 Å². The maximum absolute atomic E-state index is 13.5. The lowest BCUT2D eigenvalue weighted by Gasteiger charge is -2.35. The van der Waals surface area contributed by atoms with Crippen molar-refractivity contribution in [1.82, 2.24) is 15.3 Å². The number of hydrogen-bond donors (Lipinski definition) is 1. The van der Waals surface area contributed by atoms with Gasteiger partial charge < -0.3 is 10.1 Å². The van der Waals surface area contributed by atoms with Crippen LogP contribution in [0.4, 0.5) is 5.69 Å². The van der Waals surface area contributed by atoms with E-state index in [-0.39, 0.29) is 29.3 Å². The number of carbonyl (C=O) groups excluding carboxylic acids is 1. The molecule has 1 aliphatic rings. The van der Waals surface area contributed by atoms with Gasteiger partial charge in [0.05, 0.1) is 28.5 Å². The Morgan fingerprint density at radius 3 is 2.81 bits per heavy atom. The number of benzene rings is 2. The van der Waals surface area contributed by atoms with E-state index in [0.717, 1.165) is 5.56 Å². The lowest BCUT2D eigenvalue weighted by Crippen LogP contribution is -2.40. The van der Waals surface area contributed by atoms with E-state index in [9.17, 15) is 13.2 Å². The molecule has 0 fully saturated rings. The third-order valence-corrected chi connectivity index (χ3v) is 6.86. The first kappa shape index (κ1) is 21.5. The van der Waals surface area contributed by atoms with Gasteiger partial charge in [0, 0.05) is 18.8 Å². The predicted octanol–water partition coefficient (Wildman–Crippen LogP) is 3.52. The monoisotopic (exact) mass is 450 g/mol. The van der Waals surface area contributed by atoms with Crippen LogP contribution in [0.5, 0.6) is 11.6 Å². The summed E-state index contributed by atoms with van der Waals surface area (Å²) in [4.78, 5) is 20.2. The number of nitrogens with one attached hydrogen (secondary N) is 1. The number of nitrogens with zero attached hydrogens (tertiary/aromatic N) is 3. The molecule has 0 saturated heterocycles. The third-order valence-electron chi connectivity index (χ3n) is 5.05. The lowest BCUT2D eigenvalue weighted by atomic mass is 9.98. The summed E-state index contributed by atoms with van der Waals surface area (Å²) in [5.41, 5.74) is 1.96. The largest absolute Gasteiger partial charge is 0.437 e. The number of carbonyl (C=O) groups is 1. The summed E-state index contributed by atoms with van der Waals surface area (Å²) in [5.74, 6) is 0.321. The van der Waals surface area contributed by atoms with Crippen LogP contribution < -0.4 is 14.4 Å². The molecule has 0 spiro atoms. The van der Waals surface area contributed by atoms with E-state index in [1.165, 1.54) is 28.7 Å². The van der Waals surface area contributed by atoms with Gasteiger partial charge in [-0.3, -0.25) is 14.1 Å². The highest BCUT2D eigenvalue weighted by molar-refractivity contribution is 7.92. The minimum Gasteiger partial charge on any atom is -0.437 e. The minimum atomic E-state index is -3.87. The van der Waals surface area contributed by atoms with Crippen LogP contribution >= 0.6 is 0 Å². The Kier molecular flexibility index (Phi) is 5.91. The summed E-state index contributed by atoms with van der Waals surface area (Å²) in [6, 6.07) is 13.1. The Hall–Kier alpha value is -3.72. The average Bonchev–Trinajstić information content (AvgIpc) is 2.79. The van der Waals surface area contributed by atoms with Crippen LogP contribution in [0.1, 0.15) is 23.7 Å². The molecule has 32 heavy (non-hydrogen) atoms. The van der Waals surface area contributed by atoms with Crippen molar-refractivity contribution < 1.29 is 17.9 Å². The van der Waals surface area contributed by atoms with Crippen molar-refractivity contribution >= 4 is 21.6 Å². The third kappa shape index (κ3) is 4.33. The highest BCUT2D eigenvalue weighted by Crippen LogP contribution is 2.37. The van der Waals surface area contributed by atoms with Crippen LogP contribution in [0.25, 0.3) is 0 Å². The summed E-state index contributed by atoms with van der Waals surface area (Å²) in [7, 11) is -3.87. The topological polar surface area (TPSA) is 101 Å². The molecule has 1 atom stereocenters. The molecule has 0 radical (unpaired) electrons. The van der Waals surface area contributed by atoms with Gasteiger partial charge >= 0.3 is 0 Å². The number of fused-ring (bicyclic) bond motifs is 1. The zero-order chi connectivity index (χ0) is 22.7. The molecule has 3 aromatic rings. The van der Waals surface area contributed by atoms with Gasteiger partial charge in [-0.25, -0.2) is 13.4 Å². The first-order valence-electron chi connectivity index (χ1n) is 9.99. The Morgan fingerprint density at radius 2 is 2.03 bits per heavy atom. The summed E-state index contributed by atoms with van der Waals surface area (Å²) >= 11 is 0. The van der Waals surface area contributed by atoms with Gasteiger partial charge in [0.15, 0.2) is 0 Å². The van der Waals surface area contributed by atoms with Crippen LogP contribution in [0.3, 0.4) is 0 Å². The fourth-order valence-corrected chi connectivity index (χ4v) is 5.14. The number of ether oxygens (including phenoxy) is 1. The molecule has 164 valence electrons. The highest BCUT2D eigenvalue weighted by atomic mass is 32.2. The van der Waals surface area contributed by atoms with Crippen molar-refractivity contribution in [2.24, 2.45) is 0 Å². The molecule has 0 bridgehead atoms. The van der Waals surface area contributed by atoms with Gasteiger partial charge in [0.2, 0.25) is 11.8 Å². The number of anilines is 1. The summed E-state index contributed by atoms with van der Waals surface area (Å²) in [5, 5.41) is 2.87. The number of aromatic nitrogens is 2. The van der Waals surface area contributed by atoms with Crippen LogP contribution in [-0.2, 0) is 14.8 Å². The van der Waals surface area contributed by atoms with E-state index in [4.69, 9.17) is 4.74 Å². The molecule has 1 N–H and O–H groups in total. The zero-order valence-corrected chi connectivity index (χ0v) is 18.2. The molecule has 2 heterocycles. The maximum Gasteiger partial charge on any atom is 0.264 e. The number of aryl methyl sites for hydroxylation is 1. The SMILES string of the molecule is C=CC(=O)NC1CCN(S(=O)(=O)c2cccc(Oc3cncc(C)n3)c2)c2ccccc21. The molecule has 0 aliphatic carbocycles. The van der Waals surface area contributed by atoms with Gasteiger partial charge in [-0.15, -0.1) is 0 Å². The van der Waals surface area contributed by atoms with Crippen molar-refractivity contribution in [2.45, 2.75) is 24.3 Å². The second-order valence-corrected chi connectivity index (χ2v) is 9.13. The Labute approximate surface area is 186 Å². The molecule has 9 heteroatoms. The van der Waals surface area contributed by atoms with E-state index in [2.05, 4.69) is 21.9 Å². The maximum atomic E-state index is 13.5. The van der Waals surface area contributed by atoms with Gasteiger partial charge in [0.1, 0.15) is 5.75 Å². The summed E-state index contributed by atoms with van der Waals surface area (Å²) in [6.07, 6.45) is 4.71. The molecule has 1 aliphatic heterocycles. The molecule has 1 amide bonds. The molecule has 1 unspecified atom stereocenters. The van der Waals surface area contributed by atoms with Crippen LogP contribution in [0.15, 0.2) is 78.5 Å². The van der Waals surface area contributed by atoms with Gasteiger partial charge in [-0.1, -0.05) is 30.8 Å². The Bertz CT molecular complexity index is 1280. The molecule has 2 aromatic carbocycles. The second-order valence-electron chi connectivity index (χ2n) is 7.27.